The van der Waals surface area contributed by atoms with Crippen LogP contribution in [-0.4, -0.2) is 17.9 Å². The van der Waals surface area contributed by atoms with Crippen molar-refractivity contribution in [1.82, 2.24) is 4.90 Å². The Balaban J connectivity index is 2.27. The van der Waals surface area contributed by atoms with E-state index in [-0.39, 0.29) is 5.96 Å². The molecule has 0 bridgehead atoms. The first kappa shape index (κ1) is 8.87. The van der Waals surface area contributed by atoms with Gasteiger partial charge in [0.1, 0.15) is 0 Å². The van der Waals surface area contributed by atoms with Crippen molar-refractivity contribution in [2.45, 2.75) is 13.1 Å². The van der Waals surface area contributed by atoms with Gasteiger partial charge < -0.3 is 16.0 Å². The highest BCUT2D eigenvalue weighted by molar-refractivity contribution is 5.75. The van der Waals surface area contributed by atoms with Crippen LogP contribution in [0.4, 0.5) is 5.69 Å². The average molecular weight is 190 g/mol. The van der Waals surface area contributed by atoms with Gasteiger partial charge in [-0.15, -0.1) is 0 Å². The number of hydrogen-bond donors (Lipinski definition) is 3. The summed E-state index contributed by atoms with van der Waals surface area (Å²) >= 11 is 0. The zero-order valence-corrected chi connectivity index (χ0v) is 8.17. The van der Waals surface area contributed by atoms with Crippen molar-refractivity contribution in [3.05, 3.63) is 29.3 Å². The Bertz CT molecular complexity index is 372. The zero-order valence-electron chi connectivity index (χ0n) is 8.17. The van der Waals surface area contributed by atoms with Gasteiger partial charge in [0.15, 0.2) is 5.96 Å². The minimum absolute atomic E-state index is 0.146. The molecule has 1 aliphatic heterocycles. The van der Waals surface area contributed by atoms with Gasteiger partial charge in [0.2, 0.25) is 0 Å². The number of nitrogens with one attached hydrogen (secondary N) is 2. The lowest BCUT2D eigenvalue weighted by Crippen LogP contribution is -2.31. The number of anilines is 1. The SMILES string of the molecule is CNc1ccc2c(c1)CN(C(=N)N)C2. The van der Waals surface area contributed by atoms with Crippen molar-refractivity contribution in [3.63, 3.8) is 0 Å². The minimum atomic E-state index is 0.146. The van der Waals surface area contributed by atoms with E-state index in [0.717, 1.165) is 18.8 Å². The molecule has 0 saturated heterocycles. The highest BCUT2D eigenvalue weighted by atomic mass is 15.2. The van der Waals surface area contributed by atoms with Gasteiger partial charge in [-0.3, -0.25) is 5.41 Å². The number of nitrogens with two attached hydrogens (primary N) is 1. The molecule has 1 aromatic rings. The highest BCUT2D eigenvalue weighted by Gasteiger charge is 2.19. The molecule has 0 aliphatic carbocycles. The van der Waals surface area contributed by atoms with Crippen molar-refractivity contribution in [3.8, 4) is 0 Å². The molecule has 0 saturated carbocycles. The van der Waals surface area contributed by atoms with Crippen molar-refractivity contribution < 1.29 is 0 Å². The van der Waals surface area contributed by atoms with Gasteiger partial charge in [-0.2, -0.15) is 0 Å². The maximum absolute atomic E-state index is 7.35. The Morgan fingerprint density at radius 1 is 1.43 bits per heavy atom. The Hall–Kier alpha value is -1.71. The third kappa shape index (κ3) is 1.39. The third-order valence-electron chi connectivity index (χ3n) is 2.56. The number of rotatable bonds is 1. The number of guanidine groups is 1. The molecule has 0 amide bonds. The fourth-order valence-electron chi connectivity index (χ4n) is 1.72. The van der Waals surface area contributed by atoms with Crippen LogP contribution < -0.4 is 11.1 Å². The Morgan fingerprint density at radius 2 is 2.14 bits per heavy atom. The number of benzene rings is 1. The van der Waals surface area contributed by atoms with Gasteiger partial charge in [-0.25, -0.2) is 0 Å². The molecule has 0 radical (unpaired) electrons. The van der Waals surface area contributed by atoms with Crippen LogP contribution in [-0.2, 0) is 13.1 Å². The summed E-state index contributed by atoms with van der Waals surface area (Å²) in [5.74, 6) is 0.146. The molecular formula is C10H14N4. The first-order chi connectivity index (χ1) is 6.70. The largest absolute Gasteiger partial charge is 0.388 e. The van der Waals surface area contributed by atoms with Crippen LogP contribution in [0.15, 0.2) is 18.2 Å². The normalized spacial score (nSPS) is 13.9. The second-order valence-electron chi connectivity index (χ2n) is 3.47. The summed E-state index contributed by atoms with van der Waals surface area (Å²) in [4.78, 5) is 1.85. The average Bonchev–Trinajstić information content (AvgIpc) is 2.59. The molecule has 4 heteroatoms. The van der Waals surface area contributed by atoms with Crippen LogP contribution in [0, 0.1) is 5.41 Å². The topological polar surface area (TPSA) is 65.1 Å². The monoisotopic (exact) mass is 190 g/mol. The van der Waals surface area contributed by atoms with E-state index in [0.29, 0.717) is 0 Å². The Morgan fingerprint density at radius 3 is 2.79 bits per heavy atom. The lowest BCUT2D eigenvalue weighted by Gasteiger charge is -2.13. The van der Waals surface area contributed by atoms with Crippen LogP contribution in [0.5, 0.6) is 0 Å². The van der Waals surface area contributed by atoms with Crippen LogP contribution in [0.3, 0.4) is 0 Å². The van der Waals surface area contributed by atoms with E-state index >= 15 is 0 Å². The summed E-state index contributed by atoms with van der Waals surface area (Å²) in [6, 6.07) is 6.24. The molecule has 2 rings (SSSR count). The fraction of sp³-hybridized carbons (Fsp3) is 0.300. The smallest absolute Gasteiger partial charge is 0.188 e. The van der Waals surface area contributed by atoms with E-state index in [9.17, 15) is 0 Å². The number of fused-ring (bicyclic) bond motifs is 1. The summed E-state index contributed by atoms with van der Waals surface area (Å²) in [5.41, 5.74) is 9.07. The molecule has 4 nitrogen and oxygen atoms in total. The van der Waals surface area contributed by atoms with Gasteiger partial charge in [-0.05, 0) is 23.3 Å². The summed E-state index contributed by atoms with van der Waals surface area (Å²) in [6.07, 6.45) is 0. The van der Waals surface area contributed by atoms with E-state index < -0.39 is 0 Å². The molecule has 0 atom stereocenters. The van der Waals surface area contributed by atoms with E-state index in [4.69, 9.17) is 11.1 Å². The quantitative estimate of drug-likeness (QED) is 0.456. The van der Waals surface area contributed by atoms with E-state index in [1.54, 1.807) is 0 Å². The van der Waals surface area contributed by atoms with Crippen molar-refractivity contribution in [2.75, 3.05) is 12.4 Å². The van der Waals surface area contributed by atoms with Crippen LogP contribution in [0.25, 0.3) is 0 Å². The van der Waals surface area contributed by atoms with Gasteiger partial charge in [-0.1, -0.05) is 6.07 Å². The first-order valence-corrected chi connectivity index (χ1v) is 4.59. The second kappa shape index (κ2) is 3.21. The Labute approximate surface area is 83.2 Å². The van der Waals surface area contributed by atoms with Crippen LogP contribution >= 0.6 is 0 Å². The van der Waals surface area contributed by atoms with Gasteiger partial charge in [0.25, 0.3) is 0 Å². The lowest BCUT2D eigenvalue weighted by molar-refractivity contribution is 0.439. The van der Waals surface area contributed by atoms with Gasteiger partial charge >= 0.3 is 0 Å². The predicted octanol–water partition coefficient (Wildman–Crippen LogP) is 0.937. The fourth-order valence-corrected chi connectivity index (χ4v) is 1.72. The molecular weight excluding hydrogens is 176 g/mol. The second-order valence-corrected chi connectivity index (χ2v) is 3.47. The number of nitrogens with zero attached hydrogens (tertiary/aromatic N) is 1. The summed E-state index contributed by atoms with van der Waals surface area (Å²) in [6.45, 7) is 1.51. The molecule has 14 heavy (non-hydrogen) atoms. The summed E-state index contributed by atoms with van der Waals surface area (Å²) in [5, 5.41) is 10.5. The molecule has 0 unspecified atom stereocenters. The van der Waals surface area contributed by atoms with Gasteiger partial charge in [0.05, 0.1) is 0 Å². The first-order valence-electron chi connectivity index (χ1n) is 4.59. The van der Waals surface area contributed by atoms with Gasteiger partial charge in [0, 0.05) is 25.8 Å². The van der Waals surface area contributed by atoms with Crippen molar-refractivity contribution in [1.29, 1.82) is 5.41 Å². The maximum atomic E-state index is 7.35. The van der Waals surface area contributed by atoms with Crippen LogP contribution in [0.1, 0.15) is 11.1 Å². The van der Waals surface area contributed by atoms with E-state index in [2.05, 4.69) is 17.4 Å². The van der Waals surface area contributed by atoms with E-state index in [1.807, 2.05) is 18.0 Å². The molecule has 0 spiro atoms. The molecule has 1 aromatic carbocycles. The number of hydrogen-bond acceptors (Lipinski definition) is 2. The third-order valence-corrected chi connectivity index (χ3v) is 2.56. The van der Waals surface area contributed by atoms with Crippen LogP contribution in [0.2, 0.25) is 0 Å². The summed E-state index contributed by atoms with van der Waals surface area (Å²) < 4.78 is 0. The maximum Gasteiger partial charge on any atom is 0.188 e. The molecule has 1 heterocycles. The molecule has 4 N–H and O–H groups in total. The molecule has 1 aliphatic rings. The molecule has 0 fully saturated rings. The van der Waals surface area contributed by atoms with Crippen molar-refractivity contribution >= 4 is 11.6 Å². The van der Waals surface area contributed by atoms with Crippen molar-refractivity contribution in [2.24, 2.45) is 5.73 Å². The zero-order chi connectivity index (χ0) is 10.1. The highest BCUT2D eigenvalue weighted by Crippen LogP contribution is 2.24. The predicted molar refractivity (Wildman–Crippen MR) is 57.1 cm³/mol. The minimum Gasteiger partial charge on any atom is -0.388 e. The molecule has 0 aromatic heterocycles. The molecule has 74 valence electrons. The van der Waals surface area contributed by atoms with E-state index in [1.165, 1.54) is 11.1 Å². The lowest BCUT2D eigenvalue weighted by atomic mass is 10.1. The standard InChI is InChI=1S/C10H14N4/c1-13-9-3-2-7-5-14(10(11)12)6-8(7)4-9/h2-4,13H,5-6H2,1H3,(H3,11,12). The Kier molecular flexibility index (Phi) is 2.04. The summed E-state index contributed by atoms with van der Waals surface area (Å²) in [7, 11) is 1.90.